The van der Waals surface area contributed by atoms with Crippen LogP contribution in [0.25, 0.3) is 11.1 Å². The van der Waals surface area contributed by atoms with Gasteiger partial charge in [0.1, 0.15) is 12.4 Å². The second kappa shape index (κ2) is 10.0. The smallest absolute Gasteiger partial charge is 0.270 e. The molecule has 0 fully saturated rings. The summed E-state index contributed by atoms with van der Waals surface area (Å²) in [5.41, 5.74) is 3.56. The molecule has 0 aromatic heterocycles. The van der Waals surface area contributed by atoms with Crippen LogP contribution < -0.4 is 9.75 Å². The molecule has 0 saturated carbocycles. The van der Waals surface area contributed by atoms with Gasteiger partial charge in [0.05, 0.1) is 18.5 Å². The lowest BCUT2D eigenvalue weighted by Crippen LogP contribution is -2.23. The van der Waals surface area contributed by atoms with E-state index in [0.29, 0.717) is 11.4 Å². The van der Waals surface area contributed by atoms with Crippen molar-refractivity contribution in [2.24, 2.45) is 5.10 Å². The van der Waals surface area contributed by atoms with Gasteiger partial charge in [-0.3, -0.25) is 4.79 Å². The summed E-state index contributed by atoms with van der Waals surface area (Å²) >= 11 is 0. The van der Waals surface area contributed by atoms with E-state index in [2.05, 4.69) is 11.7 Å². The molecule has 0 unspecified atom stereocenters. The second-order valence-electron chi connectivity index (χ2n) is 6.16. The molecule has 0 saturated heterocycles. The molecule has 3 rings (SSSR count). The van der Waals surface area contributed by atoms with Crippen molar-refractivity contribution in [2.75, 3.05) is 18.2 Å². The molecule has 3 aromatic rings. The van der Waals surface area contributed by atoms with Gasteiger partial charge in [-0.25, -0.2) is 0 Å². The number of aliphatic hydroxyl groups is 1. The van der Waals surface area contributed by atoms with E-state index < -0.39 is 0 Å². The van der Waals surface area contributed by atoms with Gasteiger partial charge in [-0.1, -0.05) is 61.2 Å². The number of carbonyl (C=O) groups excluding carboxylic acids is 1. The van der Waals surface area contributed by atoms with E-state index in [1.807, 2.05) is 66.7 Å². The number of anilines is 1. The van der Waals surface area contributed by atoms with Gasteiger partial charge in [0.15, 0.2) is 0 Å². The minimum atomic E-state index is -0.332. The first-order chi connectivity index (χ1) is 14.2. The van der Waals surface area contributed by atoms with Gasteiger partial charge in [0.2, 0.25) is 0 Å². The van der Waals surface area contributed by atoms with E-state index >= 15 is 0 Å². The van der Waals surface area contributed by atoms with Gasteiger partial charge in [0, 0.05) is 0 Å². The van der Waals surface area contributed by atoms with Crippen LogP contribution in [0.5, 0.6) is 5.75 Å². The largest absolute Gasteiger partial charge is 0.491 e. The lowest BCUT2D eigenvalue weighted by Gasteiger charge is -2.16. The van der Waals surface area contributed by atoms with E-state index in [-0.39, 0.29) is 19.1 Å². The van der Waals surface area contributed by atoms with Crippen molar-refractivity contribution >= 4 is 17.8 Å². The van der Waals surface area contributed by atoms with E-state index in [1.165, 1.54) is 11.1 Å². The van der Waals surface area contributed by atoms with Crippen molar-refractivity contribution in [3.63, 3.8) is 0 Å². The number of ether oxygens (including phenoxy) is 1. The van der Waals surface area contributed by atoms with Crippen molar-refractivity contribution in [3.8, 4) is 16.9 Å². The quantitative estimate of drug-likeness (QED) is 0.357. The van der Waals surface area contributed by atoms with Crippen LogP contribution in [0.2, 0.25) is 0 Å². The standard InChI is InChI=1S/C24H22N2O3/c1-2-24(28)26(25-18-19-7-6-10-23(17-19)29-16-15-27)22-13-11-21(12-14-22)20-8-4-3-5-9-20/h2-14,17-18,27H,1,15-16H2/b25-18+. The summed E-state index contributed by atoms with van der Waals surface area (Å²) in [5, 5.41) is 14.5. The molecular weight excluding hydrogens is 364 g/mol. The van der Waals surface area contributed by atoms with E-state index in [9.17, 15) is 4.79 Å². The van der Waals surface area contributed by atoms with Crippen LogP contribution in [0.4, 0.5) is 5.69 Å². The summed E-state index contributed by atoms with van der Waals surface area (Å²) in [4.78, 5) is 12.3. The van der Waals surface area contributed by atoms with E-state index in [0.717, 1.165) is 16.7 Å². The number of benzene rings is 3. The van der Waals surface area contributed by atoms with Gasteiger partial charge in [0.25, 0.3) is 5.91 Å². The Morgan fingerprint density at radius 2 is 1.72 bits per heavy atom. The lowest BCUT2D eigenvalue weighted by atomic mass is 10.1. The zero-order valence-electron chi connectivity index (χ0n) is 15.9. The molecule has 1 N–H and O–H groups in total. The molecule has 5 heteroatoms. The predicted octanol–water partition coefficient (Wildman–Crippen LogP) is 4.28. The lowest BCUT2D eigenvalue weighted by molar-refractivity contribution is -0.114. The maximum Gasteiger partial charge on any atom is 0.270 e. The number of rotatable bonds is 8. The molecule has 0 spiro atoms. The fraction of sp³-hybridized carbons (Fsp3) is 0.0833. The highest BCUT2D eigenvalue weighted by Gasteiger charge is 2.11. The number of aliphatic hydroxyl groups excluding tert-OH is 1. The van der Waals surface area contributed by atoms with Crippen molar-refractivity contribution in [2.45, 2.75) is 0 Å². The maximum absolute atomic E-state index is 12.3. The van der Waals surface area contributed by atoms with Crippen molar-refractivity contribution in [3.05, 3.63) is 97.1 Å². The minimum Gasteiger partial charge on any atom is -0.491 e. The molecular formula is C24H22N2O3. The molecule has 0 heterocycles. The van der Waals surface area contributed by atoms with Gasteiger partial charge >= 0.3 is 0 Å². The van der Waals surface area contributed by atoms with Crippen LogP contribution in [0.1, 0.15) is 5.56 Å². The summed E-state index contributed by atoms with van der Waals surface area (Å²) in [6, 6.07) is 24.9. The fourth-order valence-electron chi connectivity index (χ4n) is 2.74. The van der Waals surface area contributed by atoms with E-state index in [4.69, 9.17) is 9.84 Å². The van der Waals surface area contributed by atoms with Crippen LogP contribution in [0.15, 0.2) is 96.6 Å². The molecule has 0 bridgehead atoms. The zero-order chi connectivity index (χ0) is 20.5. The monoisotopic (exact) mass is 386 g/mol. The third-order valence-electron chi connectivity index (χ3n) is 4.14. The summed E-state index contributed by atoms with van der Waals surface area (Å²) in [7, 11) is 0. The molecule has 0 atom stereocenters. The van der Waals surface area contributed by atoms with Crippen LogP contribution in [0, 0.1) is 0 Å². The number of hydrogen-bond donors (Lipinski definition) is 1. The van der Waals surface area contributed by atoms with Gasteiger partial charge in [-0.15, -0.1) is 0 Å². The topological polar surface area (TPSA) is 62.1 Å². The molecule has 0 aliphatic heterocycles. The molecule has 3 aromatic carbocycles. The molecule has 1 amide bonds. The average Bonchev–Trinajstić information content (AvgIpc) is 2.79. The Kier molecular flexibility index (Phi) is 6.92. The van der Waals surface area contributed by atoms with Crippen LogP contribution in [-0.2, 0) is 4.79 Å². The summed E-state index contributed by atoms with van der Waals surface area (Å²) < 4.78 is 5.40. The number of carbonyl (C=O) groups is 1. The third kappa shape index (κ3) is 5.40. The Bertz CT molecular complexity index is 983. The summed E-state index contributed by atoms with van der Waals surface area (Å²) in [6.45, 7) is 3.73. The highest BCUT2D eigenvalue weighted by atomic mass is 16.5. The number of hydrogen-bond acceptors (Lipinski definition) is 4. The SMILES string of the molecule is C=CC(=O)N(/N=C/c1cccc(OCCO)c1)c1ccc(-c2ccccc2)cc1. The van der Waals surface area contributed by atoms with Crippen molar-refractivity contribution in [1.82, 2.24) is 0 Å². The fourth-order valence-corrected chi connectivity index (χ4v) is 2.74. The minimum absolute atomic E-state index is 0.0566. The maximum atomic E-state index is 12.3. The molecule has 146 valence electrons. The van der Waals surface area contributed by atoms with Crippen LogP contribution in [-0.4, -0.2) is 30.4 Å². The third-order valence-corrected chi connectivity index (χ3v) is 4.14. The molecule has 29 heavy (non-hydrogen) atoms. The highest BCUT2D eigenvalue weighted by Crippen LogP contribution is 2.23. The molecule has 5 nitrogen and oxygen atoms in total. The number of nitrogens with zero attached hydrogens (tertiary/aromatic N) is 2. The molecule has 0 aliphatic carbocycles. The van der Waals surface area contributed by atoms with E-state index in [1.54, 1.807) is 18.3 Å². The first kappa shape index (κ1) is 20.0. The molecule has 0 radical (unpaired) electrons. The first-order valence-corrected chi connectivity index (χ1v) is 9.21. The van der Waals surface area contributed by atoms with Gasteiger partial charge in [-0.05, 0) is 47.0 Å². The van der Waals surface area contributed by atoms with Crippen LogP contribution in [0.3, 0.4) is 0 Å². The normalized spacial score (nSPS) is 10.7. The van der Waals surface area contributed by atoms with Crippen molar-refractivity contribution in [1.29, 1.82) is 0 Å². The van der Waals surface area contributed by atoms with Gasteiger partial charge in [-0.2, -0.15) is 10.1 Å². The Morgan fingerprint density at radius 1 is 1.00 bits per heavy atom. The number of amides is 1. The second-order valence-corrected chi connectivity index (χ2v) is 6.16. The van der Waals surface area contributed by atoms with Gasteiger partial charge < -0.3 is 9.84 Å². The van der Waals surface area contributed by atoms with Crippen molar-refractivity contribution < 1.29 is 14.6 Å². The van der Waals surface area contributed by atoms with Crippen LogP contribution >= 0.6 is 0 Å². The average molecular weight is 386 g/mol. The molecule has 0 aliphatic rings. The Labute approximate surface area is 170 Å². The Balaban J connectivity index is 1.82. The summed E-state index contributed by atoms with van der Waals surface area (Å²) in [5.74, 6) is 0.290. The zero-order valence-corrected chi connectivity index (χ0v) is 15.9. The predicted molar refractivity (Wildman–Crippen MR) is 116 cm³/mol. The first-order valence-electron chi connectivity index (χ1n) is 9.21. The highest BCUT2D eigenvalue weighted by molar-refractivity contribution is 6.02. The Morgan fingerprint density at radius 3 is 2.41 bits per heavy atom. The summed E-state index contributed by atoms with van der Waals surface area (Å²) in [6.07, 6.45) is 2.81. The Hall–Kier alpha value is -3.70. The number of hydrazone groups is 1.